The van der Waals surface area contributed by atoms with Crippen LogP contribution in [0.3, 0.4) is 0 Å². The Kier molecular flexibility index (Phi) is 3.18. The highest BCUT2D eigenvalue weighted by Gasteiger charge is 2.11. The molecule has 0 spiro atoms. The van der Waals surface area contributed by atoms with Gasteiger partial charge in [0.15, 0.2) is 5.82 Å². The lowest BCUT2D eigenvalue weighted by molar-refractivity contribution is 0.0964. The zero-order valence-corrected chi connectivity index (χ0v) is 10.3. The third kappa shape index (κ3) is 2.42. The largest absolute Gasteiger partial charge is 0.399 e. The van der Waals surface area contributed by atoms with Crippen molar-refractivity contribution < 1.29 is 4.79 Å². The van der Waals surface area contributed by atoms with Gasteiger partial charge in [0.2, 0.25) is 0 Å². The number of amides is 1. The number of anilines is 3. The molecule has 4 N–H and O–H groups in total. The molecule has 0 aliphatic heterocycles. The average Bonchev–Trinajstić information content (AvgIpc) is 2.74. The maximum atomic E-state index is 11.7. The number of aromatic nitrogens is 2. The number of nitrogens with zero attached hydrogens (tertiary/aromatic N) is 2. The van der Waals surface area contributed by atoms with Crippen molar-refractivity contribution in [1.29, 1.82) is 0 Å². The molecule has 0 aliphatic carbocycles. The highest BCUT2D eigenvalue weighted by atomic mass is 16.1. The molecular weight excluding hydrogens is 230 g/mol. The number of aryl methyl sites for hydroxylation is 1. The monoisotopic (exact) mass is 245 g/mol. The topological polar surface area (TPSA) is 85.0 Å². The quantitative estimate of drug-likeness (QED) is 0.707. The van der Waals surface area contributed by atoms with Crippen LogP contribution in [-0.2, 0) is 7.05 Å². The van der Waals surface area contributed by atoms with Gasteiger partial charge in [-0.25, -0.2) is 0 Å². The van der Waals surface area contributed by atoms with E-state index in [1.807, 2.05) is 19.3 Å². The van der Waals surface area contributed by atoms with Crippen LogP contribution in [0.2, 0.25) is 0 Å². The Bertz CT molecular complexity index is 576. The maximum absolute atomic E-state index is 11.7. The van der Waals surface area contributed by atoms with E-state index in [-0.39, 0.29) is 5.91 Å². The van der Waals surface area contributed by atoms with E-state index in [4.69, 9.17) is 5.73 Å². The van der Waals surface area contributed by atoms with Crippen LogP contribution < -0.4 is 16.4 Å². The zero-order valence-electron chi connectivity index (χ0n) is 10.3. The summed E-state index contributed by atoms with van der Waals surface area (Å²) in [6, 6.07) is 6.89. The van der Waals surface area contributed by atoms with Gasteiger partial charge in [0.1, 0.15) is 0 Å². The molecule has 2 rings (SSSR count). The molecule has 6 nitrogen and oxygen atoms in total. The molecule has 94 valence electrons. The minimum atomic E-state index is -0.173. The Morgan fingerprint density at radius 3 is 2.78 bits per heavy atom. The molecule has 6 heteroatoms. The molecule has 2 aromatic rings. The lowest BCUT2D eigenvalue weighted by Gasteiger charge is -2.10. The minimum Gasteiger partial charge on any atom is -0.399 e. The second-order valence-corrected chi connectivity index (χ2v) is 3.88. The van der Waals surface area contributed by atoms with Crippen molar-refractivity contribution in [2.45, 2.75) is 0 Å². The number of carbonyl (C=O) groups is 1. The van der Waals surface area contributed by atoms with Crippen molar-refractivity contribution in [2.24, 2.45) is 7.05 Å². The Balaban J connectivity index is 2.36. The van der Waals surface area contributed by atoms with Crippen molar-refractivity contribution in [3.8, 4) is 0 Å². The van der Waals surface area contributed by atoms with E-state index in [0.29, 0.717) is 22.8 Å². The van der Waals surface area contributed by atoms with Crippen molar-refractivity contribution in [3.63, 3.8) is 0 Å². The number of benzene rings is 1. The first-order valence-corrected chi connectivity index (χ1v) is 5.48. The lowest BCUT2D eigenvalue weighted by atomic mass is 10.1. The third-order valence-corrected chi connectivity index (χ3v) is 2.49. The number of nitrogens with one attached hydrogen (secondary N) is 2. The minimum absolute atomic E-state index is 0.173. The average molecular weight is 245 g/mol. The lowest BCUT2D eigenvalue weighted by Crippen LogP contribution is -2.19. The van der Waals surface area contributed by atoms with Crippen LogP contribution in [0.15, 0.2) is 30.5 Å². The van der Waals surface area contributed by atoms with Crippen LogP contribution >= 0.6 is 0 Å². The van der Waals surface area contributed by atoms with Crippen LogP contribution in [0, 0.1) is 0 Å². The summed E-state index contributed by atoms with van der Waals surface area (Å²) in [5, 5.41) is 9.86. The first-order valence-electron chi connectivity index (χ1n) is 5.48. The molecule has 0 saturated carbocycles. The van der Waals surface area contributed by atoms with Gasteiger partial charge in [0.25, 0.3) is 5.91 Å². The number of carbonyl (C=O) groups excluding carboxylic acids is 1. The molecule has 0 saturated heterocycles. The van der Waals surface area contributed by atoms with Crippen LogP contribution in [-0.4, -0.2) is 22.7 Å². The maximum Gasteiger partial charge on any atom is 0.253 e. The number of hydrogen-bond donors (Lipinski definition) is 3. The molecule has 1 aromatic carbocycles. The Labute approximate surface area is 105 Å². The number of nitrogen functional groups attached to an aromatic ring is 1. The van der Waals surface area contributed by atoms with E-state index < -0.39 is 0 Å². The van der Waals surface area contributed by atoms with E-state index in [9.17, 15) is 4.79 Å². The number of nitrogens with two attached hydrogens (primary N) is 1. The standard InChI is InChI=1S/C12H15N5O/c1-14-12(18)9-4-3-8(13)7-10(9)15-11-5-6-17(2)16-11/h3-7H,13H2,1-2H3,(H,14,18)(H,15,16). The predicted molar refractivity (Wildman–Crippen MR) is 70.7 cm³/mol. The van der Waals surface area contributed by atoms with Gasteiger partial charge in [-0.15, -0.1) is 0 Å². The molecule has 1 amide bonds. The fourth-order valence-corrected chi connectivity index (χ4v) is 1.62. The molecule has 0 bridgehead atoms. The van der Waals surface area contributed by atoms with E-state index in [2.05, 4.69) is 15.7 Å². The van der Waals surface area contributed by atoms with Gasteiger partial charge in [-0.1, -0.05) is 0 Å². The summed E-state index contributed by atoms with van der Waals surface area (Å²) in [4.78, 5) is 11.7. The highest BCUT2D eigenvalue weighted by Crippen LogP contribution is 2.22. The molecule has 0 radical (unpaired) electrons. The van der Waals surface area contributed by atoms with Crippen LogP contribution in [0.4, 0.5) is 17.2 Å². The molecule has 0 fully saturated rings. The second-order valence-electron chi connectivity index (χ2n) is 3.88. The number of hydrogen-bond acceptors (Lipinski definition) is 4. The summed E-state index contributed by atoms with van der Waals surface area (Å²) < 4.78 is 1.67. The summed E-state index contributed by atoms with van der Waals surface area (Å²) in [6.07, 6.45) is 1.81. The van der Waals surface area contributed by atoms with Gasteiger partial charge >= 0.3 is 0 Å². The fourth-order valence-electron chi connectivity index (χ4n) is 1.62. The molecule has 0 aliphatic rings. The molecule has 18 heavy (non-hydrogen) atoms. The smallest absolute Gasteiger partial charge is 0.253 e. The molecule has 1 aromatic heterocycles. The summed E-state index contributed by atoms with van der Waals surface area (Å²) in [5.41, 5.74) is 7.47. The SMILES string of the molecule is CNC(=O)c1ccc(N)cc1Nc1ccn(C)n1. The van der Waals surface area contributed by atoms with Crippen molar-refractivity contribution >= 4 is 23.1 Å². The summed E-state index contributed by atoms with van der Waals surface area (Å²) in [7, 11) is 3.41. The van der Waals surface area contributed by atoms with Gasteiger partial charge in [0.05, 0.1) is 11.3 Å². The zero-order chi connectivity index (χ0) is 13.1. The van der Waals surface area contributed by atoms with Gasteiger partial charge in [-0.05, 0) is 18.2 Å². The van der Waals surface area contributed by atoms with Crippen LogP contribution in [0.5, 0.6) is 0 Å². The molecule has 1 heterocycles. The normalized spacial score (nSPS) is 10.1. The van der Waals surface area contributed by atoms with E-state index in [0.717, 1.165) is 0 Å². The molecular formula is C12H15N5O. The van der Waals surface area contributed by atoms with Crippen molar-refractivity contribution in [2.75, 3.05) is 18.1 Å². The second kappa shape index (κ2) is 4.79. The van der Waals surface area contributed by atoms with E-state index in [1.54, 1.807) is 29.9 Å². The van der Waals surface area contributed by atoms with E-state index >= 15 is 0 Å². The molecule has 0 atom stereocenters. The fraction of sp³-hybridized carbons (Fsp3) is 0.167. The Morgan fingerprint density at radius 1 is 1.39 bits per heavy atom. The van der Waals surface area contributed by atoms with E-state index in [1.165, 1.54) is 0 Å². The van der Waals surface area contributed by atoms with Gasteiger partial charge < -0.3 is 16.4 Å². The Morgan fingerprint density at radius 2 is 2.17 bits per heavy atom. The van der Waals surface area contributed by atoms with Gasteiger partial charge in [0, 0.05) is 32.0 Å². The summed E-state index contributed by atoms with van der Waals surface area (Å²) in [6.45, 7) is 0. The first kappa shape index (κ1) is 12.0. The summed E-state index contributed by atoms with van der Waals surface area (Å²) in [5.74, 6) is 0.488. The third-order valence-electron chi connectivity index (χ3n) is 2.49. The number of rotatable bonds is 3. The highest BCUT2D eigenvalue weighted by molar-refractivity contribution is 6.00. The van der Waals surface area contributed by atoms with Crippen LogP contribution in [0.25, 0.3) is 0 Å². The van der Waals surface area contributed by atoms with Gasteiger partial charge in [-0.2, -0.15) is 5.10 Å². The van der Waals surface area contributed by atoms with Crippen molar-refractivity contribution in [3.05, 3.63) is 36.0 Å². The van der Waals surface area contributed by atoms with Crippen molar-refractivity contribution in [1.82, 2.24) is 15.1 Å². The molecule has 0 unspecified atom stereocenters. The predicted octanol–water partition coefficient (Wildman–Crippen LogP) is 1.11. The van der Waals surface area contributed by atoms with Crippen LogP contribution in [0.1, 0.15) is 10.4 Å². The van der Waals surface area contributed by atoms with Gasteiger partial charge in [-0.3, -0.25) is 9.48 Å². The Hall–Kier alpha value is -2.50. The summed E-state index contributed by atoms with van der Waals surface area (Å²) >= 11 is 0. The first-order chi connectivity index (χ1) is 8.60.